The molecule has 0 spiro atoms. The number of carbonyl (C=O) groups excluding carboxylic acids is 2. The number of nitrogens with zero attached hydrogens (tertiary/aromatic N) is 1. The number of amides is 2. The number of likely N-dealkylation sites (tertiary alicyclic amines) is 1. The van der Waals surface area contributed by atoms with Crippen LogP contribution < -0.4 is 10.6 Å². The molecule has 0 aliphatic carbocycles. The summed E-state index contributed by atoms with van der Waals surface area (Å²) in [4.78, 5) is 24.6. The third kappa shape index (κ3) is 2.80. The molecule has 5 heteroatoms. The molecule has 0 radical (unpaired) electrons. The summed E-state index contributed by atoms with van der Waals surface area (Å²) in [6.45, 7) is 3.07. The van der Waals surface area contributed by atoms with E-state index in [1.165, 1.54) is 19.4 Å². The fourth-order valence-corrected chi connectivity index (χ4v) is 2.47. The smallest absolute Gasteiger partial charge is 0.244 e. The Hall–Kier alpha value is -0.940. The van der Waals surface area contributed by atoms with E-state index in [0.29, 0.717) is 12.3 Å². The summed E-state index contributed by atoms with van der Waals surface area (Å²) in [5.74, 6) is 0.264. The molecule has 2 atom stereocenters. The molecule has 2 amide bonds. The molecular formula is C11H19N3O2. The molecule has 0 saturated carbocycles. The summed E-state index contributed by atoms with van der Waals surface area (Å²) < 4.78 is 0. The molecule has 0 bridgehead atoms. The molecule has 2 aliphatic rings. The van der Waals surface area contributed by atoms with E-state index in [9.17, 15) is 9.59 Å². The van der Waals surface area contributed by atoms with Crippen molar-refractivity contribution in [3.63, 3.8) is 0 Å². The van der Waals surface area contributed by atoms with Gasteiger partial charge in [-0.1, -0.05) is 0 Å². The molecule has 0 aromatic carbocycles. The van der Waals surface area contributed by atoms with Crippen LogP contribution in [0, 0.1) is 5.92 Å². The zero-order chi connectivity index (χ0) is 11.5. The molecule has 2 fully saturated rings. The minimum atomic E-state index is -0.306. The minimum absolute atomic E-state index is 0.164. The molecule has 5 nitrogen and oxygen atoms in total. The van der Waals surface area contributed by atoms with E-state index in [-0.39, 0.29) is 17.9 Å². The van der Waals surface area contributed by atoms with Gasteiger partial charge >= 0.3 is 0 Å². The van der Waals surface area contributed by atoms with Crippen LogP contribution in [0.5, 0.6) is 0 Å². The standard InChI is InChI=1S/C11H19N3O2/c1-14-4-2-3-8(7-14)6-12-9-5-10(15)13-11(9)16/h8-9,12H,2-7H2,1H3,(H,13,15,16)/t8-,9-/m1/s1. The first kappa shape index (κ1) is 11.5. The molecule has 16 heavy (non-hydrogen) atoms. The van der Waals surface area contributed by atoms with Crippen LogP contribution in [-0.4, -0.2) is 49.4 Å². The lowest BCUT2D eigenvalue weighted by atomic mass is 9.98. The predicted octanol–water partition coefficient (Wildman–Crippen LogP) is -0.667. The van der Waals surface area contributed by atoms with Crippen molar-refractivity contribution >= 4 is 11.8 Å². The second-order valence-electron chi connectivity index (χ2n) is 4.85. The number of rotatable bonds is 3. The van der Waals surface area contributed by atoms with Gasteiger partial charge in [0.1, 0.15) is 0 Å². The molecule has 2 saturated heterocycles. The number of hydrogen-bond donors (Lipinski definition) is 2. The zero-order valence-corrected chi connectivity index (χ0v) is 9.66. The van der Waals surface area contributed by atoms with Crippen molar-refractivity contribution in [2.45, 2.75) is 25.3 Å². The maximum absolute atomic E-state index is 11.3. The Morgan fingerprint density at radius 2 is 2.31 bits per heavy atom. The van der Waals surface area contributed by atoms with E-state index >= 15 is 0 Å². The molecule has 0 aromatic heterocycles. The Morgan fingerprint density at radius 3 is 2.94 bits per heavy atom. The average Bonchev–Trinajstić information content (AvgIpc) is 2.54. The van der Waals surface area contributed by atoms with Crippen molar-refractivity contribution in [1.82, 2.24) is 15.5 Å². The van der Waals surface area contributed by atoms with Crippen LogP contribution in [0.4, 0.5) is 0 Å². The third-order valence-electron chi connectivity index (χ3n) is 3.34. The summed E-state index contributed by atoms with van der Waals surface area (Å²) >= 11 is 0. The van der Waals surface area contributed by atoms with Gasteiger partial charge in [-0.15, -0.1) is 0 Å². The van der Waals surface area contributed by atoms with Crippen LogP contribution in [0.1, 0.15) is 19.3 Å². The van der Waals surface area contributed by atoms with E-state index in [0.717, 1.165) is 13.1 Å². The molecule has 0 aromatic rings. The highest BCUT2D eigenvalue weighted by Gasteiger charge is 2.30. The number of nitrogens with one attached hydrogen (secondary N) is 2. The fourth-order valence-electron chi connectivity index (χ4n) is 2.47. The highest BCUT2D eigenvalue weighted by atomic mass is 16.2. The predicted molar refractivity (Wildman–Crippen MR) is 59.8 cm³/mol. The fraction of sp³-hybridized carbons (Fsp3) is 0.818. The van der Waals surface area contributed by atoms with Crippen molar-refractivity contribution in [3.8, 4) is 0 Å². The van der Waals surface area contributed by atoms with Crippen LogP contribution in [-0.2, 0) is 9.59 Å². The summed E-state index contributed by atoms with van der Waals surface area (Å²) in [6.07, 6.45) is 2.72. The second-order valence-corrected chi connectivity index (χ2v) is 4.85. The van der Waals surface area contributed by atoms with Gasteiger partial charge < -0.3 is 10.2 Å². The monoisotopic (exact) mass is 225 g/mol. The Labute approximate surface area is 95.6 Å². The van der Waals surface area contributed by atoms with E-state index < -0.39 is 0 Å². The first-order valence-electron chi connectivity index (χ1n) is 5.91. The molecule has 2 N–H and O–H groups in total. The maximum Gasteiger partial charge on any atom is 0.244 e. The Kier molecular flexibility index (Phi) is 3.56. The Morgan fingerprint density at radius 1 is 1.50 bits per heavy atom. The summed E-state index contributed by atoms with van der Waals surface area (Å²) in [5, 5.41) is 5.51. The summed E-state index contributed by atoms with van der Waals surface area (Å²) in [7, 11) is 2.12. The van der Waals surface area contributed by atoms with Crippen LogP contribution in [0.2, 0.25) is 0 Å². The van der Waals surface area contributed by atoms with Gasteiger partial charge in [-0.3, -0.25) is 14.9 Å². The normalized spacial score (nSPS) is 31.8. The van der Waals surface area contributed by atoms with Gasteiger partial charge in [-0.05, 0) is 38.9 Å². The van der Waals surface area contributed by atoms with Crippen LogP contribution in [0.25, 0.3) is 0 Å². The van der Waals surface area contributed by atoms with Gasteiger partial charge in [0.25, 0.3) is 0 Å². The maximum atomic E-state index is 11.3. The summed E-state index contributed by atoms with van der Waals surface area (Å²) in [5.41, 5.74) is 0. The largest absolute Gasteiger partial charge is 0.306 e. The van der Waals surface area contributed by atoms with Crippen molar-refractivity contribution < 1.29 is 9.59 Å². The van der Waals surface area contributed by atoms with E-state index in [2.05, 4.69) is 22.6 Å². The average molecular weight is 225 g/mol. The van der Waals surface area contributed by atoms with Gasteiger partial charge in [0.15, 0.2) is 0 Å². The van der Waals surface area contributed by atoms with Crippen LogP contribution in [0.3, 0.4) is 0 Å². The lowest BCUT2D eigenvalue weighted by Crippen LogP contribution is -2.43. The Bertz CT molecular complexity index is 293. The Balaban J connectivity index is 1.74. The summed E-state index contributed by atoms with van der Waals surface area (Å²) in [6, 6.07) is -0.306. The molecule has 2 aliphatic heterocycles. The first-order valence-corrected chi connectivity index (χ1v) is 5.91. The first-order chi connectivity index (χ1) is 7.65. The van der Waals surface area contributed by atoms with Gasteiger partial charge in [0.2, 0.25) is 11.8 Å². The lowest BCUT2D eigenvalue weighted by molar-refractivity contribution is -0.125. The van der Waals surface area contributed by atoms with Crippen molar-refractivity contribution in [2.75, 3.05) is 26.7 Å². The molecule has 2 rings (SSSR count). The van der Waals surface area contributed by atoms with E-state index in [1.807, 2.05) is 0 Å². The van der Waals surface area contributed by atoms with Crippen LogP contribution in [0.15, 0.2) is 0 Å². The molecule has 0 unspecified atom stereocenters. The van der Waals surface area contributed by atoms with Crippen molar-refractivity contribution in [1.29, 1.82) is 0 Å². The van der Waals surface area contributed by atoms with Gasteiger partial charge in [0, 0.05) is 6.54 Å². The molecule has 2 heterocycles. The lowest BCUT2D eigenvalue weighted by Gasteiger charge is -2.30. The number of piperidine rings is 1. The number of hydrogen-bond acceptors (Lipinski definition) is 4. The minimum Gasteiger partial charge on any atom is -0.306 e. The van der Waals surface area contributed by atoms with E-state index in [4.69, 9.17) is 0 Å². The number of carbonyl (C=O) groups is 2. The van der Waals surface area contributed by atoms with Crippen LogP contribution >= 0.6 is 0 Å². The second kappa shape index (κ2) is 4.93. The third-order valence-corrected chi connectivity index (χ3v) is 3.34. The highest BCUT2D eigenvalue weighted by molar-refractivity contribution is 6.05. The topological polar surface area (TPSA) is 61.4 Å². The number of imide groups is 1. The molecule has 90 valence electrons. The van der Waals surface area contributed by atoms with Crippen molar-refractivity contribution in [2.24, 2.45) is 5.92 Å². The van der Waals surface area contributed by atoms with Gasteiger partial charge in [-0.25, -0.2) is 0 Å². The van der Waals surface area contributed by atoms with Crippen molar-refractivity contribution in [3.05, 3.63) is 0 Å². The zero-order valence-electron chi connectivity index (χ0n) is 9.66. The quantitative estimate of drug-likeness (QED) is 0.626. The highest BCUT2D eigenvalue weighted by Crippen LogP contribution is 2.14. The SMILES string of the molecule is CN1CCC[C@H](CN[C@@H]2CC(=O)NC2=O)C1. The van der Waals surface area contributed by atoms with Gasteiger partial charge in [-0.2, -0.15) is 0 Å². The van der Waals surface area contributed by atoms with E-state index in [1.54, 1.807) is 0 Å². The van der Waals surface area contributed by atoms with Gasteiger partial charge in [0.05, 0.1) is 12.5 Å². The molecular weight excluding hydrogens is 206 g/mol.